The number of rotatable bonds is 3. The highest BCUT2D eigenvalue weighted by molar-refractivity contribution is 5.81. The van der Waals surface area contributed by atoms with E-state index in [1.54, 1.807) is 0 Å². The zero-order valence-corrected chi connectivity index (χ0v) is 19.0. The molecule has 168 valence electrons. The molecule has 0 aromatic heterocycles. The number of fused-ring (bicyclic) bond motifs is 1. The second kappa shape index (κ2) is 8.70. The zero-order valence-electron chi connectivity index (χ0n) is 19.0. The molecule has 0 aliphatic carbocycles. The van der Waals surface area contributed by atoms with Crippen molar-refractivity contribution in [1.29, 1.82) is 0 Å². The van der Waals surface area contributed by atoms with Gasteiger partial charge in [0.2, 0.25) is 11.8 Å². The van der Waals surface area contributed by atoms with Crippen LogP contribution >= 0.6 is 0 Å². The maximum Gasteiger partial charge on any atom is 0.236 e. The molecule has 1 spiro atoms. The van der Waals surface area contributed by atoms with E-state index < -0.39 is 0 Å². The third-order valence-electron chi connectivity index (χ3n) is 7.93. The van der Waals surface area contributed by atoms with Crippen LogP contribution in [0, 0.1) is 0 Å². The molecule has 5 nitrogen and oxygen atoms in total. The zero-order chi connectivity index (χ0) is 22.1. The van der Waals surface area contributed by atoms with Crippen molar-refractivity contribution in [1.82, 2.24) is 14.7 Å². The van der Waals surface area contributed by atoms with Gasteiger partial charge in [0.1, 0.15) is 0 Å². The normalized spacial score (nSPS) is 26.3. The summed E-state index contributed by atoms with van der Waals surface area (Å²) in [5.74, 6) is 0.555. The topological polar surface area (TPSA) is 43.9 Å². The number of likely N-dealkylation sites (tertiary alicyclic amines) is 2. The van der Waals surface area contributed by atoms with Crippen molar-refractivity contribution in [3.63, 3.8) is 0 Å². The number of likely N-dealkylation sites (N-methyl/N-ethyl adjacent to an activating group) is 1. The minimum absolute atomic E-state index is 0.154. The molecular weight excluding hydrogens is 398 g/mol. The Kier molecular flexibility index (Phi) is 5.76. The molecule has 2 aromatic carbocycles. The molecule has 32 heavy (non-hydrogen) atoms. The monoisotopic (exact) mass is 431 g/mol. The van der Waals surface area contributed by atoms with Crippen LogP contribution in [0.5, 0.6) is 0 Å². The molecule has 0 bridgehead atoms. The van der Waals surface area contributed by atoms with Gasteiger partial charge in [0.05, 0.1) is 12.1 Å². The molecule has 5 rings (SSSR count). The molecule has 2 saturated heterocycles. The van der Waals surface area contributed by atoms with Crippen LogP contribution in [0.25, 0.3) is 0 Å². The van der Waals surface area contributed by atoms with Gasteiger partial charge in [-0.3, -0.25) is 14.5 Å². The molecule has 3 heterocycles. The van der Waals surface area contributed by atoms with E-state index in [2.05, 4.69) is 53.4 Å². The Bertz CT molecular complexity index is 991. The van der Waals surface area contributed by atoms with Crippen molar-refractivity contribution in [2.24, 2.45) is 0 Å². The van der Waals surface area contributed by atoms with Gasteiger partial charge in [-0.1, -0.05) is 61.0 Å². The molecule has 2 aromatic rings. The van der Waals surface area contributed by atoms with E-state index in [1.165, 1.54) is 16.7 Å². The first-order valence-corrected chi connectivity index (χ1v) is 12.0. The third kappa shape index (κ3) is 3.83. The molecule has 2 amide bonds. The van der Waals surface area contributed by atoms with Crippen LogP contribution in [0.1, 0.15) is 48.3 Å². The summed E-state index contributed by atoms with van der Waals surface area (Å²) in [6, 6.07) is 19.0. The molecule has 0 saturated carbocycles. The van der Waals surface area contributed by atoms with Crippen LogP contribution in [-0.4, -0.2) is 65.3 Å². The van der Waals surface area contributed by atoms with Crippen LogP contribution in [-0.2, 0) is 22.6 Å². The third-order valence-corrected chi connectivity index (χ3v) is 7.93. The van der Waals surface area contributed by atoms with Gasteiger partial charge in [-0.05, 0) is 36.0 Å². The Morgan fingerprint density at radius 2 is 1.75 bits per heavy atom. The first kappa shape index (κ1) is 21.2. The summed E-state index contributed by atoms with van der Waals surface area (Å²) in [4.78, 5) is 32.7. The summed E-state index contributed by atoms with van der Waals surface area (Å²) in [7, 11) is 1.96. The van der Waals surface area contributed by atoms with Crippen LogP contribution < -0.4 is 0 Å². The summed E-state index contributed by atoms with van der Waals surface area (Å²) in [6.45, 7) is 3.52. The van der Waals surface area contributed by atoms with E-state index in [9.17, 15) is 9.59 Å². The van der Waals surface area contributed by atoms with Gasteiger partial charge in [0, 0.05) is 45.6 Å². The summed E-state index contributed by atoms with van der Waals surface area (Å²) in [5, 5.41) is 0. The maximum atomic E-state index is 13.5. The molecule has 3 aliphatic rings. The smallest absolute Gasteiger partial charge is 0.236 e. The summed E-state index contributed by atoms with van der Waals surface area (Å²) >= 11 is 0. The van der Waals surface area contributed by atoms with Crippen molar-refractivity contribution in [2.45, 2.75) is 50.1 Å². The Morgan fingerprint density at radius 3 is 2.56 bits per heavy atom. The summed E-state index contributed by atoms with van der Waals surface area (Å²) in [5.41, 5.74) is 3.66. The van der Waals surface area contributed by atoms with Crippen LogP contribution in [0.3, 0.4) is 0 Å². The predicted octanol–water partition coefficient (Wildman–Crippen LogP) is 3.44. The van der Waals surface area contributed by atoms with E-state index in [1.807, 2.05) is 22.9 Å². The van der Waals surface area contributed by atoms with Crippen LogP contribution in [0.2, 0.25) is 0 Å². The van der Waals surface area contributed by atoms with Crippen molar-refractivity contribution < 1.29 is 9.59 Å². The Morgan fingerprint density at radius 1 is 1.00 bits per heavy atom. The van der Waals surface area contributed by atoms with E-state index in [0.29, 0.717) is 26.1 Å². The molecule has 2 fully saturated rings. The van der Waals surface area contributed by atoms with Crippen molar-refractivity contribution in [3.8, 4) is 0 Å². The highest BCUT2D eigenvalue weighted by Gasteiger charge is 2.52. The maximum absolute atomic E-state index is 13.5. The molecule has 2 atom stereocenters. The van der Waals surface area contributed by atoms with Gasteiger partial charge in [0.25, 0.3) is 0 Å². The molecule has 0 radical (unpaired) electrons. The predicted molar refractivity (Wildman–Crippen MR) is 125 cm³/mol. The quantitative estimate of drug-likeness (QED) is 0.748. The average molecular weight is 432 g/mol. The minimum Gasteiger partial charge on any atom is -0.338 e. The fraction of sp³-hybridized carbons (Fsp3) is 0.481. The number of benzene rings is 2. The molecule has 0 unspecified atom stereocenters. The number of nitrogens with zero attached hydrogens (tertiary/aromatic N) is 3. The minimum atomic E-state index is -0.306. The van der Waals surface area contributed by atoms with Gasteiger partial charge in [-0.15, -0.1) is 0 Å². The standard InChI is InChI=1S/C27H33N3O2/c1-28-25(31)13-7-8-15-27(28)20-30(18-24(27)22-10-3-2-4-11-22)26(32)19-29-16-14-21-9-5-6-12-23(21)17-29/h2-6,9-12,24H,7-8,13-20H2,1H3/t24-,27+/m0/s1. The molecule has 5 heteroatoms. The lowest BCUT2D eigenvalue weighted by Crippen LogP contribution is -2.54. The van der Waals surface area contributed by atoms with Gasteiger partial charge >= 0.3 is 0 Å². The lowest BCUT2D eigenvalue weighted by Gasteiger charge is -2.42. The molecule has 0 N–H and O–H groups in total. The fourth-order valence-electron chi connectivity index (χ4n) is 6.05. The fourth-order valence-corrected chi connectivity index (χ4v) is 6.05. The Labute approximate surface area is 191 Å². The summed E-state index contributed by atoms with van der Waals surface area (Å²) in [6.07, 6.45) is 4.53. The largest absolute Gasteiger partial charge is 0.338 e. The number of carbonyl (C=O) groups is 2. The SMILES string of the molecule is CN1C(=O)CCCC[C@]12CN(C(=O)CN1CCc3ccccc3C1)C[C@H]2c1ccccc1. The van der Waals surface area contributed by atoms with Gasteiger partial charge in [-0.2, -0.15) is 0 Å². The van der Waals surface area contributed by atoms with Crippen LogP contribution in [0.4, 0.5) is 0 Å². The number of hydrogen-bond acceptors (Lipinski definition) is 3. The van der Waals surface area contributed by atoms with Gasteiger partial charge < -0.3 is 9.80 Å². The van der Waals surface area contributed by atoms with E-state index in [-0.39, 0.29) is 23.3 Å². The number of hydrogen-bond donors (Lipinski definition) is 0. The van der Waals surface area contributed by atoms with Crippen LogP contribution in [0.15, 0.2) is 54.6 Å². The average Bonchev–Trinajstić information content (AvgIpc) is 3.16. The Balaban J connectivity index is 1.37. The number of amides is 2. The van der Waals surface area contributed by atoms with Crippen molar-refractivity contribution in [3.05, 3.63) is 71.3 Å². The molecular formula is C27H33N3O2. The van der Waals surface area contributed by atoms with Gasteiger partial charge in [0.15, 0.2) is 0 Å². The summed E-state index contributed by atoms with van der Waals surface area (Å²) < 4.78 is 0. The lowest BCUT2D eigenvalue weighted by atomic mass is 9.78. The second-order valence-electron chi connectivity index (χ2n) is 9.73. The first-order chi connectivity index (χ1) is 15.6. The lowest BCUT2D eigenvalue weighted by molar-refractivity contribution is -0.137. The Hall–Kier alpha value is -2.66. The highest BCUT2D eigenvalue weighted by atomic mass is 16.2. The van der Waals surface area contributed by atoms with Crippen molar-refractivity contribution >= 4 is 11.8 Å². The van der Waals surface area contributed by atoms with E-state index >= 15 is 0 Å². The van der Waals surface area contributed by atoms with Crippen molar-refractivity contribution in [2.75, 3.05) is 33.2 Å². The second-order valence-corrected chi connectivity index (χ2v) is 9.73. The highest BCUT2D eigenvalue weighted by Crippen LogP contribution is 2.45. The number of carbonyl (C=O) groups excluding carboxylic acids is 2. The molecule has 3 aliphatic heterocycles. The first-order valence-electron chi connectivity index (χ1n) is 12.0. The van der Waals surface area contributed by atoms with E-state index in [4.69, 9.17) is 0 Å². The van der Waals surface area contributed by atoms with E-state index in [0.717, 1.165) is 38.8 Å². The van der Waals surface area contributed by atoms with Gasteiger partial charge in [-0.25, -0.2) is 0 Å².